The Morgan fingerprint density at radius 3 is 1.10 bits per heavy atom. The molecular formula is C57H109NO32P4S4-4. The van der Waals surface area contributed by atoms with Crippen molar-refractivity contribution in [2.45, 2.75) is 197 Å². The fraction of sp³-hybridized carbons (Fsp3) is 0.982. The first-order valence-electron chi connectivity index (χ1n) is 33.2. The Bertz CT molecular complexity index is 2230. The van der Waals surface area contributed by atoms with Crippen LogP contribution in [0.5, 0.6) is 0 Å². The maximum absolute atomic E-state index is 13.1. The summed E-state index contributed by atoms with van der Waals surface area (Å²) < 4.78 is 114. The van der Waals surface area contributed by atoms with E-state index in [9.17, 15) is 70.0 Å². The largest absolute Gasteiger partial charge is 0.780 e. The molecule has 3 saturated heterocycles. The number of carbonyl (C=O) groups is 1. The summed E-state index contributed by atoms with van der Waals surface area (Å²) in [5.41, 5.74) is -0.962. The van der Waals surface area contributed by atoms with Crippen molar-refractivity contribution in [3.63, 3.8) is 0 Å². The molecule has 3 rings (SSSR count). The molecule has 41 heteroatoms. The summed E-state index contributed by atoms with van der Waals surface area (Å²) >= 11 is 20.2. The molecular weight excluding hydrogens is 1460 g/mol. The number of aliphatic hydroxyl groups excluding tert-OH is 9. The smallest absolute Gasteiger partial charge is 0.217 e. The molecule has 3 fully saturated rings. The summed E-state index contributed by atoms with van der Waals surface area (Å²) in [4.78, 5) is 49.7. The van der Waals surface area contributed by atoms with Crippen LogP contribution >= 0.6 is 27.0 Å². The number of unbranched alkanes of at least 4 members (excludes halogenated alkanes) is 8. The molecule has 0 aromatic rings. The molecule has 11 unspecified atom stereocenters. The molecule has 20 atom stereocenters. The quantitative estimate of drug-likeness (QED) is 0.0221. The van der Waals surface area contributed by atoms with Crippen LogP contribution in [0.2, 0.25) is 0 Å². The van der Waals surface area contributed by atoms with E-state index in [2.05, 4.69) is 5.32 Å². The molecule has 0 radical (unpaired) electrons. The molecule has 1 amide bonds. The van der Waals surface area contributed by atoms with Crippen molar-refractivity contribution < 1.29 is 154 Å². The third-order valence-corrected chi connectivity index (χ3v) is 22.3. The minimum absolute atomic E-state index is 0.00585. The van der Waals surface area contributed by atoms with E-state index >= 15 is 0 Å². The predicted molar refractivity (Wildman–Crippen MR) is 359 cm³/mol. The first kappa shape index (κ1) is 93.0. The summed E-state index contributed by atoms with van der Waals surface area (Å²) in [7, 11) is 1.24. The SMILES string of the molecule is COP([O-])(=S)OCCCCCCCCOCC(COCCCOP(=O)([S-])OCCCCO[C@@H]1OC(CO)[C@H](O)[C@H](O)C1C)(COCCCOP([O-])(=S)OCCCCO[C@@H]1OC(CO)[C@H](O)[C@H](O)C1C)COCCCOP([O-])(=S)OCCCCO[C@@H]1OC(CO)[C@H](O)[C@H](O)C1NC(C)=O. The standard InChI is InChI=1S/C57H113NO32P4S4/c1-41-48(63)50(65)44(34-59)88-54(41)78-24-11-14-28-82-92(70,96)85-31-17-21-75-38-57(37-74-20-9-7-5-6-8-10-27-81-91(69,95)73-4,39-76-22-18-32-86-93(71,97)83-29-15-12-25-79-55-42(2)49(64)51(66)45(35-60)89-55)40-77-23-19-33-87-94(72,98)84-30-16-13-26-80-56-47(58-43(3)62)53(68)52(67)46(36-61)90-56/h41-42,44-56,59-61,63-68H,5-40H2,1-4H3,(H,58,62)(H,69,95)(H,70,96)(H,71,97)(H,72,98)/p-4/t41?,42?,44?,45?,46?,47?,48-,49-,50+,51+,52+,53-,54-,55-,56-,57?,91?,92?,93?,94?/m1/s1. The van der Waals surface area contributed by atoms with Crippen LogP contribution in [0.25, 0.3) is 0 Å². The first-order chi connectivity index (χ1) is 46.6. The second kappa shape index (κ2) is 51.2. The van der Waals surface area contributed by atoms with Gasteiger partial charge in [-0.1, -0.05) is 75.0 Å². The highest BCUT2D eigenvalue weighted by molar-refractivity contribution is 8.32. The van der Waals surface area contributed by atoms with Crippen molar-refractivity contribution in [2.75, 3.05) is 146 Å². The lowest BCUT2D eigenvalue weighted by Gasteiger charge is -2.42. The lowest BCUT2D eigenvalue weighted by molar-refractivity contribution is -0.282. The van der Waals surface area contributed by atoms with Gasteiger partial charge in [0.15, 0.2) is 25.7 Å². The molecule has 0 spiro atoms. The Morgan fingerprint density at radius 2 is 0.724 bits per heavy atom. The van der Waals surface area contributed by atoms with E-state index in [1.807, 2.05) is 0 Å². The Morgan fingerprint density at radius 1 is 0.439 bits per heavy atom. The van der Waals surface area contributed by atoms with E-state index in [1.165, 1.54) is 14.0 Å². The van der Waals surface area contributed by atoms with Crippen LogP contribution in [0, 0.1) is 17.3 Å². The average Bonchev–Trinajstić information content (AvgIpc) is 0.827. The molecule has 3 aliphatic rings. The van der Waals surface area contributed by atoms with Crippen molar-refractivity contribution in [3.05, 3.63) is 0 Å². The Labute approximate surface area is 596 Å². The monoisotopic (exact) mass is 1570 g/mol. The van der Waals surface area contributed by atoms with Crippen molar-refractivity contribution in [1.29, 1.82) is 0 Å². The van der Waals surface area contributed by atoms with E-state index < -0.39 is 150 Å². The number of hydrogen-bond acceptors (Lipinski definition) is 36. The molecule has 3 aliphatic heterocycles. The van der Waals surface area contributed by atoms with Gasteiger partial charge in [0.25, 0.3) is 0 Å². The highest BCUT2D eigenvalue weighted by Gasteiger charge is 2.46. The Kier molecular flexibility index (Phi) is 48.6. The summed E-state index contributed by atoms with van der Waals surface area (Å²) in [5, 5.41) is 92.7. The van der Waals surface area contributed by atoms with Crippen LogP contribution < -0.4 is 20.0 Å². The van der Waals surface area contributed by atoms with Crippen molar-refractivity contribution >= 4 is 80.5 Å². The number of amides is 1. The maximum atomic E-state index is 13.1. The molecule has 582 valence electrons. The van der Waals surface area contributed by atoms with Gasteiger partial charge in [-0.15, -0.1) is 0 Å². The third kappa shape index (κ3) is 38.1. The Hall–Kier alpha value is 0.800. The van der Waals surface area contributed by atoms with Gasteiger partial charge in [-0.25, -0.2) is 0 Å². The minimum atomic E-state index is -3.95. The second-order valence-corrected chi connectivity index (χ2v) is 35.1. The third-order valence-electron chi connectivity index (χ3n) is 15.7. The summed E-state index contributed by atoms with van der Waals surface area (Å²) in [5.74, 6) is -1.62. The van der Waals surface area contributed by atoms with Crippen LogP contribution in [-0.4, -0.2) is 278 Å². The van der Waals surface area contributed by atoms with Crippen LogP contribution in [0.4, 0.5) is 0 Å². The molecule has 33 nitrogen and oxygen atoms in total. The van der Waals surface area contributed by atoms with Gasteiger partial charge in [0.05, 0.1) is 110 Å². The maximum Gasteiger partial charge on any atom is 0.217 e. The second-order valence-electron chi connectivity index (χ2n) is 24.0. The zero-order valence-corrected chi connectivity index (χ0v) is 63.3. The number of rotatable bonds is 59. The highest BCUT2D eigenvalue weighted by atomic mass is 32.7. The lowest BCUT2D eigenvalue weighted by Crippen LogP contribution is -2.64. The molecule has 10 N–H and O–H groups in total. The summed E-state index contributed by atoms with van der Waals surface area (Å²) in [6.45, 7) is -11.2. The lowest BCUT2D eigenvalue weighted by atomic mass is 9.92. The molecule has 0 aromatic carbocycles. The fourth-order valence-corrected chi connectivity index (χ4v) is 14.3. The molecule has 0 saturated carbocycles. The van der Waals surface area contributed by atoms with Gasteiger partial charge in [0.1, 0.15) is 68.9 Å². The number of nitrogens with one attached hydrogen (secondary N) is 1. The first-order valence-corrected chi connectivity index (χ1v) is 43.4. The number of carbonyl (C=O) groups excluding carboxylic acids is 1. The highest BCUT2D eigenvalue weighted by Crippen LogP contribution is 2.46. The van der Waals surface area contributed by atoms with E-state index in [4.69, 9.17) is 131 Å². The predicted octanol–water partition coefficient (Wildman–Crippen LogP) is 0.206. The summed E-state index contributed by atoms with van der Waals surface area (Å²) in [6.07, 6.45) is -5.92. The van der Waals surface area contributed by atoms with Gasteiger partial charge in [-0.3, -0.25) is 9.36 Å². The van der Waals surface area contributed by atoms with Crippen molar-refractivity contribution in [3.8, 4) is 0 Å². The average molecular weight is 1570 g/mol. The van der Waals surface area contributed by atoms with Gasteiger partial charge >= 0.3 is 0 Å². The van der Waals surface area contributed by atoms with Crippen LogP contribution in [0.3, 0.4) is 0 Å². The number of ether oxygens (including phenoxy) is 10. The van der Waals surface area contributed by atoms with E-state index in [1.54, 1.807) is 13.8 Å². The fourth-order valence-electron chi connectivity index (χ4n) is 9.95. The van der Waals surface area contributed by atoms with Crippen LogP contribution in [0.15, 0.2) is 0 Å². The van der Waals surface area contributed by atoms with E-state index in [0.717, 1.165) is 25.7 Å². The molecule has 3 heterocycles. The van der Waals surface area contributed by atoms with Gasteiger partial charge < -0.3 is 162 Å². The van der Waals surface area contributed by atoms with Crippen molar-refractivity contribution in [2.24, 2.45) is 17.3 Å². The zero-order valence-electron chi connectivity index (χ0n) is 56.5. The molecule has 98 heavy (non-hydrogen) atoms. The van der Waals surface area contributed by atoms with Gasteiger partial charge in [-0.2, -0.15) is 0 Å². The van der Waals surface area contributed by atoms with Crippen molar-refractivity contribution in [1.82, 2.24) is 5.32 Å². The normalized spacial score (nSPS) is 29.3. The molecule has 0 bridgehead atoms. The van der Waals surface area contributed by atoms with Crippen LogP contribution in [-0.2, 0) is 141 Å². The van der Waals surface area contributed by atoms with Gasteiger partial charge in [0, 0.05) is 72.1 Å². The minimum Gasteiger partial charge on any atom is -0.780 e. The topological polar surface area (TPSA) is 464 Å². The Balaban J connectivity index is 1.57. The molecule has 0 aliphatic carbocycles. The van der Waals surface area contributed by atoms with Gasteiger partial charge in [-0.05, 0) is 70.6 Å². The number of hydrogen-bond donors (Lipinski definition) is 10. The zero-order chi connectivity index (χ0) is 72.6. The number of aliphatic hydroxyl groups is 9. The van der Waals surface area contributed by atoms with Gasteiger partial charge in [0.2, 0.25) is 5.91 Å². The van der Waals surface area contributed by atoms with Crippen LogP contribution in [0.1, 0.15) is 117 Å². The molecule has 0 aromatic heterocycles. The van der Waals surface area contributed by atoms with E-state index in [-0.39, 0.29) is 132 Å². The summed E-state index contributed by atoms with van der Waals surface area (Å²) in [6, 6.07) is -1.11. The van der Waals surface area contributed by atoms with E-state index in [0.29, 0.717) is 58.0 Å².